The van der Waals surface area contributed by atoms with Crippen LogP contribution in [0.15, 0.2) is 90.3 Å². The van der Waals surface area contributed by atoms with E-state index in [1.54, 1.807) is 17.5 Å². The van der Waals surface area contributed by atoms with Gasteiger partial charge in [0.25, 0.3) is 0 Å². The van der Waals surface area contributed by atoms with E-state index in [-0.39, 0.29) is 12.5 Å². The minimum Gasteiger partial charge on any atom is -0.456 e. The van der Waals surface area contributed by atoms with Gasteiger partial charge < -0.3 is 4.74 Å². The maximum atomic E-state index is 12.4. The van der Waals surface area contributed by atoms with Gasteiger partial charge in [-0.2, -0.15) is 0 Å². The van der Waals surface area contributed by atoms with Crippen molar-refractivity contribution in [3.8, 4) is 11.1 Å². The van der Waals surface area contributed by atoms with Crippen LogP contribution in [-0.2, 0) is 16.1 Å². The summed E-state index contributed by atoms with van der Waals surface area (Å²) in [6.07, 6.45) is 0. The number of benzene rings is 3. The summed E-state index contributed by atoms with van der Waals surface area (Å²) in [6, 6.07) is 26.6. The SMILES string of the molecule is CC(=O)N(c1ccccc1)c1nc(COC(=O)c2ccc(-c3ccccc3)cc2)cs1. The van der Waals surface area contributed by atoms with E-state index >= 15 is 0 Å². The fraction of sp³-hybridized carbons (Fsp3) is 0.0800. The number of rotatable bonds is 6. The molecule has 6 heteroatoms. The van der Waals surface area contributed by atoms with Crippen LogP contribution in [0, 0.1) is 0 Å². The third-order valence-electron chi connectivity index (χ3n) is 4.64. The predicted molar refractivity (Wildman–Crippen MR) is 122 cm³/mol. The summed E-state index contributed by atoms with van der Waals surface area (Å²) in [5, 5.41) is 2.33. The highest BCUT2D eigenvalue weighted by atomic mass is 32.1. The molecule has 4 aromatic rings. The quantitative estimate of drug-likeness (QED) is 0.361. The second-order valence-corrected chi connectivity index (χ2v) is 7.67. The van der Waals surface area contributed by atoms with Crippen molar-refractivity contribution >= 4 is 34.0 Å². The standard InChI is InChI=1S/C25H20N2O3S/c1-18(28)27(23-10-6-3-7-11-23)25-26-22(17-31-25)16-30-24(29)21-14-12-20(13-15-21)19-8-4-2-5-9-19/h2-15,17H,16H2,1H3. The smallest absolute Gasteiger partial charge is 0.338 e. The summed E-state index contributed by atoms with van der Waals surface area (Å²) >= 11 is 1.33. The van der Waals surface area contributed by atoms with Crippen molar-refractivity contribution in [3.05, 3.63) is 102 Å². The molecule has 154 valence electrons. The summed E-state index contributed by atoms with van der Waals surface area (Å²) in [6.45, 7) is 1.53. The van der Waals surface area contributed by atoms with Gasteiger partial charge in [-0.3, -0.25) is 9.69 Å². The molecule has 0 saturated heterocycles. The number of nitrogens with zero attached hydrogens (tertiary/aromatic N) is 2. The van der Waals surface area contributed by atoms with E-state index in [0.717, 1.165) is 16.8 Å². The largest absolute Gasteiger partial charge is 0.456 e. The van der Waals surface area contributed by atoms with Gasteiger partial charge in [0.05, 0.1) is 16.9 Å². The van der Waals surface area contributed by atoms with Crippen LogP contribution in [0.3, 0.4) is 0 Å². The predicted octanol–water partition coefficient (Wildman–Crippen LogP) is 5.85. The average molecular weight is 429 g/mol. The molecule has 0 aliphatic rings. The number of amides is 1. The third-order valence-corrected chi connectivity index (χ3v) is 5.51. The Kier molecular flexibility index (Phi) is 6.19. The first-order valence-corrected chi connectivity index (χ1v) is 10.6. The maximum absolute atomic E-state index is 12.4. The normalized spacial score (nSPS) is 10.5. The summed E-state index contributed by atoms with van der Waals surface area (Å²) in [4.78, 5) is 30.6. The van der Waals surface area contributed by atoms with Crippen LogP contribution >= 0.6 is 11.3 Å². The van der Waals surface area contributed by atoms with Crippen LogP contribution in [0.4, 0.5) is 10.8 Å². The van der Waals surface area contributed by atoms with Crippen LogP contribution < -0.4 is 4.90 Å². The Morgan fingerprint density at radius 3 is 2.13 bits per heavy atom. The van der Waals surface area contributed by atoms with Crippen molar-refractivity contribution in [1.82, 2.24) is 4.98 Å². The lowest BCUT2D eigenvalue weighted by atomic mass is 10.0. The number of thiazole rings is 1. The molecule has 4 rings (SSSR count). The first-order valence-electron chi connectivity index (χ1n) is 9.74. The lowest BCUT2D eigenvalue weighted by Gasteiger charge is -2.17. The fourth-order valence-corrected chi connectivity index (χ4v) is 3.99. The number of hydrogen-bond acceptors (Lipinski definition) is 5. The van der Waals surface area contributed by atoms with E-state index in [1.165, 1.54) is 23.2 Å². The number of anilines is 2. The number of aromatic nitrogens is 1. The highest BCUT2D eigenvalue weighted by Gasteiger charge is 2.18. The average Bonchev–Trinajstić information content (AvgIpc) is 3.27. The number of hydrogen-bond donors (Lipinski definition) is 0. The van der Waals surface area contributed by atoms with E-state index in [1.807, 2.05) is 72.8 Å². The second kappa shape index (κ2) is 9.36. The molecule has 0 atom stereocenters. The molecule has 0 N–H and O–H groups in total. The van der Waals surface area contributed by atoms with Gasteiger partial charge in [-0.05, 0) is 35.4 Å². The minimum atomic E-state index is -0.416. The molecule has 0 fully saturated rings. The monoisotopic (exact) mass is 428 g/mol. The lowest BCUT2D eigenvalue weighted by molar-refractivity contribution is -0.115. The summed E-state index contributed by atoms with van der Waals surface area (Å²) in [5.74, 6) is -0.553. The van der Waals surface area contributed by atoms with Crippen molar-refractivity contribution in [3.63, 3.8) is 0 Å². The Balaban J connectivity index is 1.41. The van der Waals surface area contributed by atoms with Gasteiger partial charge in [0.15, 0.2) is 5.13 Å². The number of para-hydroxylation sites is 1. The molecule has 0 aliphatic heterocycles. The molecule has 3 aromatic carbocycles. The Bertz CT molecular complexity index is 1170. The van der Waals surface area contributed by atoms with Crippen molar-refractivity contribution in [2.24, 2.45) is 0 Å². The van der Waals surface area contributed by atoms with Gasteiger partial charge in [0.2, 0.25) is 5.91 Å². The van der Waals surface area contributed by atoms with Crippen molar-refractivity contribution in [2.75, 3.05) is 4.90 Å². The molecule has 1 amide bonds. The Morgan fingerprint density at radius 1 is 0.871 bits per heavy atom. The first kappa shape index (κ1) is 20.5. The van der Waals surface area contributed by atoms with Gasteiger partial charge >= 0.3 is 5.97 Å². The van der Waals surface area contributed by atoms with Gasteiger partial charge in [0, 0.05) is 12.3 Å². The third kappa shape index (κ3) is 4.87. The number of ether oxygens (including phenoxy) is 1. The molecule has 0 bridgehead atoms. The molecular weight excluding hydrogens is 408 g/mol. The summed E-state index contributed by atoms with van der Waals surface area (Å²) < 4.78 is 5.42. The highest BCUT2D eigenvalue weighted by Crippen LogP contribution is 2.29. The lowest BCUT2D eigenvalue weighted by Crippen LogP contribution is -2.22. The van der Waals surface area contributed by atoms with Gasteiger partial charge in [-0.15, -0.1) is 11.3 Å². The zero-order chi connectivity index (χ0) is 21.6. The zero-order valence-electron chi connectivity index (χ0n) is 16.9. The van der Waals surface area contributed by atoms with Crippen LogP contribution in [0.5, 0.6) is 0 Å². The molecule has 1 heterocycles. The molecule has 0 unspecified atom stereocenters. The topological polar surface area (TPSA) is 59.5 Å². The van der Waals surface area contributed by atoms with Crippen molar-refractivity contribution in [1.29, 1.82) is 0 Å². The minimum absolute atomic E-state index is 0.0380. The molecule has 31 heavy (non-hydrogen) atoms. The first-order chi connectivity index (χ1) is 15.1. The Hall–Kier alpha value is -3.77. The van der Waals surface area contributed by atoms with Crippen molar-refractivity contribution in [2.45, 2.75) is 13.5 Å². The Labute approximate surface area is 184 Å². The fourth-order valence-electron chi connectivity index (χ4n) is 3.12. The Morgan fingerprint density at radius 2 is 1.48 bits per heavy atom. The van der Waals surface area contributed by atoms with Crippen LogP contribution in [0.1, 0.15) is 23.0 Å². The van der Waals surface area contributed by atoms with E-state index in [2.05, 4.69) is 4.98 Å². The zero-order valence-corrected chi connectivity index (χ0v) is 17.7. The van der Waals surface area contributed by atoms with Crippen LogP contribution in [-0.4, -0.2) is 16.9 Å². The summed E-state index contributed by atoms with van der Waals surface area (Å²) in [5.41, 5.74) is 3.94. The van der Waals surface area contributed by atoms with E-state index in [0.29, 0.717) is 16.4 Å². The van der Waals surface area contributed by atoms with Crippen molar-refractivity contribution < 1.29 is 14.3 Å². The second-order valence-electron chi connectivity index (χ2n) is 6.83. The number of carbonyl (C=O) groups is 2. The van der Waals surface area contributed by atoms with E-state index < -0.39 is 5.97 Å². The maximum Gasteiger partial charge on any atom is 0.338 e. The number of esters is 1. The molecular formula is C25H20N2O3S. The molecule has 0 spiro atoms. The van der Waals surface area contributed by atoms with Gasteiger partial charge in [-0.25, -0.2) is 9.78 Å². The molecule has 0 aliphatic carbocycles. The van der Waals surface area contributed by atoms with E-state index in [9.17, 15) is 9.59 Å². The van der Waals surface area contributed by atoms with Gasteiger partial charge in [0.1, 0.15) is 6.61 Å². The molecule has 5 nitrogen and oxygen atoms in total. The highest BCUT2D eigenvalue weighted by molar-refractivity contribution is 7.14. The molecule has 1 aromatic heterocycles. The number of carbonyl (C=O) groups excluding carboxylic acids is 2. The summed E-state index contributed by atoms with van der Waals surface area (Å²) in [7, 11) is 0. The van der Waals surface area contributed by atoms with Crippen LogP contribution in [0.2, 0.25) is 0 Å². The van der Waals surface area contributed by atoms with Crippen LogP contribution in [0.25, 0.3) is 11.1 Å². The molecule has 0 radical (unpaired) electrons. The molecule has 0 saturated carbocycles. The van der Waals surface area contributed by atoms with Gasteiger partial charge in [-0.1, -0.05) is 60.7 Å². The van der Waals surface area contributed by atoms with E-state index in [4.69, 9.17) is 4.74 Å².